The van der Waals surface area contributed by atoms with Crippen molar-refractivity contribution in [1.82, 2.24) is 5.32 Å². The molecule has 0 heterocycles. The summed E-state index contributed by atoms with van der Waals surface area (Å²) in [5.41, 5.74) is 0.463. The van der Waals surface area contributed by atoms with Gasteiger partial charge in [0, 0.05) is 12.1 Å². The number of benzene rings is 2. The summed E-state index contributed by atoms with van der Waals surface area (Å²) in [5, 5.41) is 22.4. The molecule has 0 fully saturated rings. The van der Waals surface area contributed by atoms with Crippen LogP contribution in [-0.2, 0) is 4.79 Å². The molecule has 0 saturated heterocycles. The van der Waals surface area contributed by atoms with Crippen LogP contribution in [0.15, 0.2) is 42.5 Å². The minimum Gasteiger partial charge on any atom is -0.481 e. The van der Waals surface area contributed by atoms with Crippen molar-refractivity contribution in [3.63, 3.8) is 0 Å². The first-order valence-corrected chi connectivity index (χ1v) is 6.71. The number of carboxylic acids is 1. The van der Waals surface area contributed by atoms with Crippen molar-refractivity contribution in [2.24, 2.45) is 0 Å². The van der Waals surface area contributed by atoms with Gasteiger partial charge in [-0.1, -0.05) is 36.4 Å². The van der Waals surface area contributed by atoms with E-state index in [4.69, 9.17) is 10.2 Å². The number of hydrogen-bond acceptors (Lipinski definition) is 4. The van der Waals surface area contributed by atoms with Gasteiger partial charge in [0.1, 0.15) is 0 Å². The van der Waals surface area contributed by atoms with Crippen LogP contribution >= 0.6 is 0 Å². The van der Waals surface area contributed by atoms with Crippen molar-refractivity contribution in [3.8, 4) is 0 Å². The lowest BCUT2D eigenvalue weighted by Crippen LogP contribution is -2.40. The molecule has 0 radical (unpaired) electrons. The number of aliphatic carboxylic acids is 1. The molecule has 0 spiro atoms. The van der Waals surface area contributed by atoms with Crippen LogP contribution in [-0.4, -0.2) is 41.2 Å². The minimum atomic E-state index is -1.06. The van der Waals surface area contributed by atoms with Crippen molar-refractivity contribution in [2.75, 3.05) is 13.2 Å². The lowest BCUT2D eigenvalue weighted by molar-refractivity contribution is -0.137. The molecule has 2 aromatic carbocycles. The zero-order valence-electron chi connectivity index (χ0n) is 11.5. The van der Waals surface area contributed by atoms with Crippen LogP contribution in [0.5, 0.6) is 0 Å². The van der Waals surface area contributed by atoms with Crippen molar-refractivity contribution < 1.29 is 19.8 Å². The van der Waals surface area contributed by atoms with Crippen molar-refractivity contribution in [3.05, 3.63) is 48.0 Å². The second-order valence-electron chi connectivity index (χ2n) is 4.75. The fourth-order valence-corrected chi connectivity index (χ4v) is 2.21. The Morgan fingerprint density at radius 2 is 1.81 bits per heavy atom. The summed E-state index contributed by atoms with van der Waals surface area (Å²) in [6, 6.07) is 12.1. The Bertz CT molecular complexity index is 654. The molecule has 21 heavy (non-hydrogen) atoms. The maximum absolute atomic E-state index is 12.4. The van der Waals surface area contributed by atoms with E-state index < -0.39 is 12.0 Å². The highest BCUT2D eigenvalue weighted by Gasteiger charge is 2.22. The van der Waals surface area contributed by atoms with E-state index in [1.807, 2.05) is 30.3 Å². The molecule has 110 valence electrons. The van der Waals surface area contributed by atoms with Gasteiger partial charge in [-0.3, -0.25) is 9.59 Å². The quantitative estimate of drug-likeness (QED) is 0.671. The third-order valence-electron chi connectivity index (χ3n) is 3.23. The van der Waals surface area contributed by atoms with Gasteiger partial charge in [0.2, 0.25) is 0 Å². The smallest absolute Gasteiger partial charge is 0.305 e. The van der Waals surface area contributed by atoms with Gasteiger partial charge in [0.05, 0.1) is 19.1 Å². The maximum Gasteiger partial charge on any atom is 0.305 e. The Morgan fingerprint density at radius 1 is 1.10 bits per heavy atom. The van der Waals surface area contributed by atoms with Gasteiger partial charge < -0.3 is 15.5 Å². The fraction of sp³-hybridized carbons (Fsp3) is 0.250. The van der Waals surface area contributed by atoms with E-state index in [9.17, 15) is 9.59 Å². The number of nitrogens with one attached hydrogen (secondary N) is 1. The highest BCUT2D eigenvalue weighted by atomic mass is 16.4. The number of Topliss-reactive ketones (excluding diaryl/α,β-unsaturated/α-hetero) is 1. The Balaban J connectivity index is 2.26. The second-order valence-corrected chi connectivity index (χ2v) is 4.75. The third-order valence-corrected chi connectivity index (χ3v) is 3.23. The summed E-state index contributed by atoms with van der Waals surface area (Å²) in [6.07, 6.45) is -0.314. The number of carbonyl (C=O) groups excluding carboxylic acids is 1. The van der Waals surface area contributed by atoms with E-state index in [-0.39, 0.29) is 25.4 Å². The van der Waals surface area contributed by atoms with E-state index in [0.717, 1.165) is 10.8 Å². The molecule has 1 atom stereocenters. The monoisotopic (exact) mass is 287 g/mol. The molecule has 0 aliphatic rings. The summed E-state index contributed by atoms with van der Waals surface area (Å²) in [7, 11) is 0. The zero-order chi connectivity index (χ0) is 15.2. The largest absolute Gasteiger partial charge is 0.481 e. The SMILES string of the molecule is O=C(O)CC(NCCO)C(=O)c1ccc2ccccc2c1. The third kappa shape index (κ3) is 3.87. The highest BCUT2D eigenvalue weighted by molar-refractivity contribution is 6.04. The maximum atomic E-state index is 12.4. The molecule has 0 aliphatic heterocycles. The van der Waals surface area contributed by atoms with E-state index in [1.54, 1.807) is 12.1 Å². The topological polar surface area (TPSA) is 86.6 Å². The van der Waals surface area contributed by atoms with Crippen LogP contribution in [0, 0.1) is 0 Å². The Kier molecular flexibility index (Phi) is 5.03. The molecular formula is C16H17NO4. The number of rotatable bonds is 7. The van der Waals surface area contributed by atoms with Crippen LogP contribution in [0.4, 0.5) is 0 Å². The average Bonchev–Trinajstić information content (AvgIpc) is 2.50. The first-order chi connectivity index (χ1) is 10.1. The molecule has 0 saturated carbocycles. The van der Waals surface area contributed by atoms with E-state index in [1.165, 1.54) is 0 Å². The molecule has 0 amide bonds. The molecule has 0 aromatic heterocycles. The van der Waals surface area contributed by atoms with Crippen molar-refractivity contribution >= 4 is 22.5 Å². The normalized spacial score (nSPS) is 12.2. The number of carbonyl (C=O) groups is 2. The standard InChI is InChI=1S/C16H17NO4/c18-8-7-17-14(10-15(19)20)16(21)13-6-5-11-3-1-2-4-12(11)9-13/h1-6,9,14,17-18H,7-8,10H2,(H,19,20). The number of hydrogen-bond donors (Lipinski definition) is 3. The Hall–Kier alpha value is -2.24. The molecular weight excluding hydrogens is 270 g/mol. The van der Waals surface area contributed by atoms with Crippen molar-refractivity contribution in [2.45, 2.75) is 12.5 Å². The molecule has 5 heteroatoms. The first kappa shape index (κ1) is 15.2. The fourth-order valence-electron chi connectivity index (χ4n) is 2.21. The summed E-state index contributed by atoms with van der Waals surface area (Å²) in [5.74, 6) is -1.34. The molecule has 5 nitrogen and oxygen atoms in total. The Morgan fingerprint density at radius 3 is 2.48 bits per heavy atom. The number of aliphatic hydroxyl groups excluding tert-OH is 1. The molecule has 3 N–H and O–H groups in total. The van der Waals surface area contributed by atoms with E-state index >= 15 is 0 Å². The van der Waals surface area contributed by atoms with Gasteiger partial charge in [-0.05, 0) is 16.8 Å². The van der Waals surface area contributed by atoms with Crippen LogP contribution in [0.2, 0.25) is 0 Å². The van der Waals surface area contributed by atoms with Gasteiger partial charge in [0.25, 0.3) is 0 Å². The van der Waals surface area contributed by atoms with Gasteiger partial charge in [0.15, 0.2) is 5.78 Å². The van der Waals surface area contributed by atoms with Gasteiger partial charge in [-0.2, -0.15) is 0 Å². The van der Waals surface area contributed by atoms with Gasteiger partial charge in [-0.25, -0.2) is 0 Å². The molecule has 2 aromatic rings. The predicted molar refractivity (Wildman–Crippen MR) is 79.4 cm³/mol. The summed E-state index contributed by atoms with van der Waals surface area (Å²) in [6.45, 7) is 0.0262. The molecule has 0 bridgehead atoms. The number of fused-ring (bicyclic) bond motifs is 1. The average molecular weight is 287 g/mol. The summed E-state index contributed by atoms with van der Waals surface area (Å²) in [4.78, 5) is 23.3. The molecule has 1 unspecified atom stereocenters. The van der Waals surface area contributed by atoms with E-state index in [2.05, 4.69) is 5.32 Å². The summed E-state index contributed by atoms with van der Waals surface area (Å²) >= 11 is 0. The first-order valence-electron chi connectivity index (χ1n) is 6.71. The Labute approximate surface area is 122 Å². The van der Waals surface area contributed by atoms with Gasteiger partial charge >= 0.3 is 5.97 Å². The minimum absolute atomic E-state index is 0.152. The zero-order valence-corrected chi connectivity index (χ0v) is 11.5. The van der Waals surface area contributed by atoms with Crippen LogP contribution in [0.3, 0.4) is 0 Å². The number of carboxylic acid groups (broad SMARTS) is 1. The van der Waals surface area contributed by atoms with Crippen LogP contribution in [0.25, 0.3) is 10.8 Å². The predicted octanol–water partition coefficient (Wildman–Crippen LogP) is 1.45. The van der Waals surface area contributed by atoms with E-state index in [0.29, 0.717) is 5.56 Å². The van der Waals surface area contributed by atoms with Crippen LogP contribution in [0.1, 0.15) is 16.8 Å². The molecule has 2 rings (SSSR count). The van der Waals surface area contributed by atoms with Crippen molar-refractivity contribution in [1.29, 1.82) is 0 Å². The highest BCUT2D eigenvalue weighted by Crippen LogP contribution is 2.17. The molecule has 0 aliphatic carbocycles. The number of aliphatic hydroxyl groups is 1. The van der Waals surface area contributed by atoms with Crippen LogP contribution < -0.4 is 5.32 Å². The summed E-state index contributed by atoms with van der Waals surface area (Å²) < 4.78 is 0. The lowest BCUT2D eigenvalue weighted by atomic mass is 9.98. The number of ketones is 1. The second kappa shape index (κ2) is 6.97. The van der Waals surface area contributed by atoms with Gasteiger partial charge in [-0.15, -0.1) is 0 Å². The lowest BCUT2D eigenvalue weighted by Gasteiger charge is -2.15.